The number of hydrogen-bond acceptors (Lipinski definition) is 2. The van der Waals surface area contributed by atoms with Gasteiger partial charge in [0.05, 0.1) is 0 Å². The smallest absolute Gasteiger partial charge is 0.323 e. The van der Waals surface area contributed by atoms with Gasteiger partial charge in [-0.25, -0.2) is 9.18 Å². The molecule has 0 atom stereocenters. The average Bonchev–Trinajstić information content (AvgIpc) is 3.33. The van der Waals surface area contributed by atoms with Crippen LogP contribution in [0.5, 0.6) is 0 Å². The summed E-state index contributed by atoms with van der Waals surface area (Å²) in [7, 11) is 0. The number of aryl methyl sites for hydroxylation is 1. The molecule has 0 N–H and O–H groups in total. The minimum Gasteiger partial charge on any atom is -0.323 e. The third-order valence-corrected chi connectivity index (χ3v) is 5.56. The lowest BCUT2D eigenvalue weighted by Gasteiger charge is -2.10. The molecule has 2 aromatic carbocycles. The summed E-state index contributed by atoms with van der Waals surface area (Å²) in [5.41, 5.74) is 2.92. The third kappa shape index (κ3) is 3.85. The van der Waals surface area contributed by atoms with E-state index in [0.29, 0.717) is 4.80 Å². The van der Waals surface area contributed by atoms with Crippen LogP contribution in [0.4, 0.5) is 9.18 Å². The van der Waals surface area contributed by atoms with Crippen LogP contribution in [0.25, 0.3) is 16.8 Å². The molecule has 0 bridgehead atoms. The van der Waals surface area contributed by atoms with E-state index >= 15 is 0 Å². The fraction of sp³-hybridized carbons (Fsp3) is 0.238. The number of nitrogens with zero attached hydrogens (tertiary/aromatic N) is 3. The highest BCUT2D eigenvalue weighted by molar-refractivity contribution is 7.09. The number of carbonyl (C=O) groups is 1. The van der Waals surface area contributed by atoms with Crippen LogP contribution in [-0.2, 0) is 0 Å². The molecule has 1 aliphatic rings. The van der Waals surface area contributed by atoms with Crippen molar-refractivity contribution in [3.8, 4) is 16.8 Å². The van der Waals surface area contributed by atoms with Gasteiger partial charge in [0.15, 0.2) is 4.80 Å². The Morgan fingerprint density at radius 2 is 1.59 bits per heavy atom. The Balaban J connectivity index is 1.65. The van der Waals surface area contributed by atoms with Gasteiger partial charge in [0.1, 0.15) is 5.82 Å². The van der Waals surface area contributed by atoms with Crippen molar-refractivity contribution < 1.29 is 9.18 Å². The number of urea groups is 1. The number of benzene rings is 2. The molecule has 27 heavy (non-hydrogen) atoms. The Kier molecular flexibility index (Phi) is 4.90. The number of likely N-dealkylation sites (tertiary alicyclic amines) is 1. The van der Waals surface area contributed by atoms with E-state index in [1.54, 1.807) is 17.0 Å². The standard InChI is InChI=1S/C21H20FN3OS/c1-15-14-25(21(27-15)23-20(26)24-12-2-3-13-24)19-10-6-17(7-11-19)16-4-8-18(22)9-5-16/h4-11,14H,2-3,12-13H2,1H3/b23-21-. The lowest BCUT2D eigenvalue weighted by Crippen LogP contribution is -2.27. The van der Waals surface area contributed by atoms with Gasteiger partial charge in [0.25, 0.3) is 0 Å². The van der Waals surface area contributed by atoms with Crippen molar-refractivity contribution in [2.75, 3.05) is 13.1 Å². The van der Waals surface area contributed by atoms with Crippen LogP contribution >= 0.6 is 11.3 Å². The molecule has 0 spiro atoms. The van der Waals surface area contributed by atoms with Crippen LogP contribution in [-0.4, -0.2) is 28.6 Å². The summed E-state index contributed by atoms with van der Waals surface area (Å²) in [6.07, 6.45) is 4.10. The molecule has 1 aromatic heterocycles. The van der Waals surface area contributed by atoms with Gasteiger partial charge in [-0.1, -0.05) is 24.3 Å². The second-order valence-electron chi connectivity index (χ2n) is 6.64. The molecule has 0 aliphatic carbocycles. The van der Waals surface area contributed by atoms with Crippen LogP contribution in [0.15, 0.2) is 59.7 Å². The minimum atomic E-state index is -0.242. The molecule has 0 saturated carbocycles. The molecule has 138 valence electrons. The maximum Gasteiger partial charge on any atom is 0.346 e. The summed E-state index contributed by atoms with van der Waals surface area (Å²) < 4.78 is 15.1. The van der Waals surface area contributed by atoms with E-state index in [1.807, 2.05) is 42.0 Å². The number of halogens is 1. The molecule has 1 saturated heterocycles. The molecule has 6 heteroatoms. The average molecular weight is 381 g/mol. The zero-order chi connectivity index (χ0) is 18.8. The van der Waals surface area contributed by atoms with Gasteiger partial charge in [-0.15, -0.1) is 11.3 Å². The normalized spacial score (nSPS) is 14.7. The van der Waals surface area contributed by atoms with Crippen molar-refractivity contribution in [2.45, 2.75) is 19.8 Å². The summed E-state index contributed by atoms with van der Waals surface area (Å²) in [6.45, 7) is 3.59. The molecule has 3 aromatic rings. The van der Waals surface area contributed by atoms with Crippen LogP contribution in [0.2, 0.25) is 0 Å². The van der Waals surface area contributed by atoms with E-state index in [0.717, 1.165) is 47.6 Å². The molecule has 2 heterocycles. The SMILES string of the molecule is Cc1cn(-c2ccc(-c3ccc(F)cc3)cc2)/c(=N/C(=O)N2CCCC2)s1. The Hall–Kier alpha value is -2.73. The third-order valence-electron chi connectivity index (χ3n) is 4.66. The van der Waals surface area contributed by atoms with E-state index in [9.17, 15) is 9.18 Å². The van der Waals surface area contributed by atoms with Gasteiger partial charge in [0.2, 0.25) is 0 Å². The van der Waals surface area contributed by atoms with E-state index < -0.39 is 0 Å². The number of amides is 2. The van der Waals surface area contributed by atoms with Crippen LogP contribution < -0.4 is 4.80 Å². The minimum absolute atomic E-state index is 0.161. The van der Waals surface area contributed by atoms with Gasteiger partial charge >= 0.3 is 6.03 Å². The maximum atomic E-state index is 13.1. The molecular formula is C21H20FN3OS. The Bertz CT molecular complexity index is 1010. The maximum absolute atomic E-state index is 13.1. The Morgan fingerprint density at radius 3 is 2.22 bits per heavy atom. The van der Waals surface area contributed by atoms with Crippen molar-refractivity contribution in [3.05, 3.63) is 70.2 Å². The Morgan fingerprint density at radius 1 is 1.00 bits per heavy atom. The van der Waals surface area contributed by atoms with Crippen molar-refractivity contribution in [1.82, 2.24) is 9.47 Å². The highest BCUT2D eigenvalue weighted by Gasteiger charge is 2.17. The highest BCUT2D eigenvalue weighted by Crippen LogP contribution is 2.21. The first-order valence-corrected chi connectivity index (χ1v) is 9.81. The highest BCUT2D eigenvalue weighted by atomic mass is 32.1. The number of rotatable bonds is 2. The fourth-order valence-electron chi connectivity index (χ4n) is 3.24. The van der Waals surface area contributed by atoms with Gasteiger partial charge in [-0.2, -0.15) is 4.99 Å². The Labute approximate surface area is 161 Å². The van der Waals surface area contributed by atoms with Gasteiger partial charge in [0, 0.05) is 29.9 Å². The first-order valence-electron chi connectivity index (χ1n) is 8.99. The number of aromatic nitrogens is 1. The monoisotopic (exact) mass is 381 g/mol. The van der Waals surface area contributed by atoms with E-state index in [2.05, 4.69) is 4.99 Å². The number of carbonyl (C=O) groups excluding carboxylic acids is 1. The van der Waals surface area contributed by atoms with E-state index in [1.165, 1.54) is 23.5 Å². The van der Waals surface area contributed by atoms with Gasteiger partial charge < -0.3 is 4.90 Å². The van der Waals surface area contributed by atoms with Crippen molar-refractivity contribution in [1.29, 1.82) is 0 Å². The quantitative estimate of drug-likeness (QED) is 0.630. The van der Waals surface area contributed by atoms with Crippen molar-refractivity contribution >= 4 is 17.4 Å². The zero-order valence-electron chi connectivity index (χ0n) is 15.1. The van der Waals surface area contributed by atoms with Crippen LogP contribution in [0, 0.1) is 12.7 Å². The summed E-state index contributed by atoms with van der Waals surface area (Å²) in [6, 6.07) is 14.3. The summed E-state index contributed by atoms with van der Waals surface area (Å²) in [4.78, 5) is 20.3. The first-order chi connectivity index (χ1) is 13.1. The van der Waals surface area contributed by atoms with Crippen molar-refractivity contribution in [3.63, 3.8) is 0 Å². The van der Waals surface area contributed by atoms with Crippen LogP contribution in [0.1, 0.15) is 17.7 Å². The molecule has 0 radical (unpaired) electrons. The number of hydrogen-bond donors (Lipinski definition) is 0. The summed E-state index contributed by atoms with van der Waals surface area (Å²) in [5, 5.41) is 0. The van der Waals surface area contributed by atoms with Gasteiger partial charge in [-0.3, -0.25) is 4.57 Å². The lowest BCUT2D eigenvalue weighted by atomic mass is 10.1. The van der Waals surface area contributed by atoms with E-state index in [4.69, 9.17) is 0 Å². The van der Waals surface area contributed by atoms with Crippen LogP contribution in [0.3, 0.4) is 0 Å². The first kappa shape index (κ1) is 17.7. The fourth-order valence-corrected chi connectivity index (χ4v) is 4.06. The lowest BCUT2D eigenvalue weighted by molar-refractivity contribution is 0.218. The predicted octanol–water partition coefficient (Wildman–Crippen LogP) is 4.77. The molecular weight excluding hydrogens is 361 g/mol. The summed E-state index contributed by atoms with van der Waals surface area (Å²) in [5.74, 6) is -0.242. The molecule has 0 unspecified atom stereocenters. The zero-order valence-corrected chi connectivity index (χ0v) is 15.9. The largest absolute Gasteiger partial charge is 0.346 e. The molecule has 1 aliphatic heterocycles. The van der Waals surface area contributed by atoms with Crippen molar-refractivity contribution in [2.24, 2.45) is 4.99 Å². The molecule has 2 amide bonds. The second-order valence-corrected chi connectivity index (χ2v) is 7.85. The summed E-state index contributed by atoms with van der Waals surface area (Å²) >= 11 is 1.51. The number of thiazole rings is 1. The molecule has 4 rings (SSSR count). The molecule has 1 fully saturated rings. The van der Waals surface area contributed by atoms with E-state index in [-0.39, 0.29) is 11.8 Å². The van der Waals surface area contributed by atoms with Gasteiger partial charge in [-0.05, 0) is 55.2 Å². The topological polar surface area (TPSA) is 37.6 Å². The predicted molar refractivity (Wildman–Crippen MR) is 106 cm³/mol. The second kappa shape index (κ2) is 7.48. The molecule has 4 nitrogen and oxygen atoms in total.